The Labute approximate surface area is 232 Å². The van der Waals surface area contributed by atoms with Gasteiger partial charge in [0.05, 0.1) is 13.2 Å². The highest BCUT2D eigenvalue weighted by atomic mass is 35.5. The minimum absolute atomic E-state index is 0.614. The van der Waals surface area contributed by atoms with E-state index < -0.39 is 0 Å². The van der Waals surface area contributed by atoms with E-state index in [4.69, 9.17) is 21.1 Å². The molecule has 2 N–H and O–H groups in total. The van der Waals surface area contributed by atoms with Gasteiger partial charge in [0.1, 0.15) is 12.4 Å². The molecule has 6 heteroatoms. The summed E-state index contributed by atoms with van der Waals surface area (Å²) in [5.74, 6) is 7.27. The average Bonchev–Trinajstić information content (AvgIpc) is 2.94. The first-order chi connectivity index (χ1) is 18.7. The van der Waals surface area contributed by atoms with Crippen molar-refractivity contribution >= 4 is 11.6 Å². The van der Waals surface area contributed by atoms with Crippen molar-refractivity contribution < 1.29 is 9.47 Å². The lowest BCUT2D eigenvalue weighted by Gasteiger charge is -2.26. The summed E-state index contributed by atoms with van der Waals surface area (Å²) in [6, 6.07) is 22.4. The van der Waals surface area contributed by atoms with Crippen LogP contribution in [-0.4, -0.2) is 57.4 Å². The number of halogens is 1. The van der Waals surface area contributed by atoms with Gasteiger partial charge in [-0.25, -0.2) is 0 Å². The first-order valence-electron chi connectivity index (χ1n) is 13.5. The van der Waals surface area contributed by atoms with Gasteiger partial charge in [-0.05, 0) is 85.6 Å². The molecule has 0 saturated carbocycles. The average molecular weight is 532 g/mol. The van der Waals surface area contributed by atoms with E-state index in [9.17, 15) is 0 Å². The molecule has 0 spiro atoms. The molecule has 200 valence electrons. The maximum atomic E-state index is 5.98. The van der Waals surface area contributed by atoms with Crippen LogP contribution in [0.2, 0.25) is 5.02 Å². The highest BCUT2D eigenvalue weighted by Crippen LogP contribution is 2.19. The quantitative estimate of drug-likeness (QED) is 0.253. The molecule has 1 saturated heterocycles. The summed E-state index contributed by atoms with van der Waals surface area (Å²) >= 11 is 5.93. The maximum absolute atomic E-state index is 5.98. The normalized spacial score (nSPS) is 13.6. The fraction of sp³-hybridized carbons (Fsp3) is 0.375. The third-order valence-electron chi connectivity index (χ3n) is 6.52. The number of rotatable bonds is 12. The number of hydrogen-bond donors (Lipinski definition) is 2. The predicted octanol–water partition coefficient (Wildman–Crippen LogP) is 5.03. The molecule has 1 aliphatic heterocycles. The van der Waals surface area contributed by atoms with Crippen LogP contribution in [-0.2, 0) is 17.8 Å². The molecule has 5 nitrogen and oxygen atoms in total. The van der Waals surface area contributed by atoms with Gasteiger partial charge in [-0.1, -0.05) is 47.7 Å². The monoisotopic (exact) mass is 531 g/mol. The van der Waals surface area contributed by atoms with E-state index >= 15 is 0 Å². The maximum Gasteiger partial charge on any atom is 0.122 e. The SMILES string of the molecule is Cc1cc(C#Cc2ccc(Cl)cc2)ccc1OCCNCc1ccc(CNCCCN2CCOCC2)cc1. The van der Waals surface area contributed by atoms with Crippen LogP contribution < -0.4 is 15.4 Å². The number of ether oxygens (including phenoxy) is 2. The zero-order valence-corrected chi connectivity index (χ0v) is 23.0. The summed E-state index contributed by atoms with van der Waals surface area (Å²) in [6.45, 7) is 11.3. The lowest BCUT2D eigenvalue weighted by Crippen LogP contribution is -2.37. The van der Waals surface area contributed by atoms with E-state index in [1.165, 1.54) is 17.5 Å². The van der Waals surface area contributed by atoms with E-state index in [1.54, 1.807) is 0 Å². The summed E-state index contributed by atoms with van der Waals surface area (Å²) < 4.78 is 11.4. The van der Waals surface area contributed by atoms with Crippen LogP contribution in [0.5, 0.6) is 5.75 Å². The lowest BCUT2D eigenvalue weighted by atomic mass is 10.1. The molecule has 0 atom stereocenters. The van der Waals surface area contributed by atoms with Crippen molar-refractivity contribution in [3.05, 3.63) is 99.6 Å². The fourth-order valence-corrected chi connectivity index (χ4v) is 4.42. The number of benzene rings is 3. The minimum Gasteiger partial charge on any atom is -0.492 e. The second-order valence-electron chi connectivity index (χ2n) is 9.56. The molecular weight excluding hydrogens is 494 g/mol. The largest absolute Gasteiger partial charge is 0.492 e. The molecule has 0 amide bonds. The number of hydrogen-bond acceptors (Lipinski definition) is 5. The number of nitrogens with one attached hydrogen (secondary N) is 2. The van der Waals surface area contributed by atoms with Gasteiger partial charge < -0.3 is 20.1 Å². The van der Waals surface area contributed by atoms with E-state index in [2.05, 4.69) is 64.6 Å². The molecule has 0 unspecified atom stereocenters. The summed E-state index contributed by atoms with van der Waals surface area (Å²) in [4.78, 5) is 2.48. The molecule has 0 radical (unpaired) electrons. The van der Waals surface area contributed by atoms with Crippen LogP contribution in [0.1, 0.15) is 34.2 Å². The Bertz CT molecular complexity index is 1180. The van der Waals surface area contributed by atoms with Crippen LogP contribution >= 0.6 is 11.6 Å². The summed E-state index contributed by atoms with van der Waals surface area (Å²) in [5.41, 5.74) is 5.59. The third kappa shape index (κ3) is 9.79. The van der Waals surface area contributed by atoms with Crippen LogP contribution in [0.3, 0.4) is 0 Å². The number of morpholine rings is 1. The van der Waals surface area contributed by atoms with Crippen molar-refractivity contribution in [1.29, 1.82) is 0 Å². The Morgan fingerprint density at radius 2 is 1.47 bits per heavy atom. The van der Waals surface area contributed by atoms with Crippen molar-refractivity contribution in [1.82, 2.24) is 15.5 Å². The fourth-order valence-electron chi connectivity index (χ4n) is 4.29. The second kappa shape index (κ2) is 15.5. The van der Waals surface area contributed by atoms with Gasteiger partial charge in [0.2, 0.25) is 0 Å². The molecule has 0 aliphatic carbocycles. The molecule has 3 aromatic rings. The molecule has 1 aliphatic rings. The van der Waals surface area contributed by atoms with Gasteiger partial charge in [0.25, 0.3) is 0 Å². The van der Waals surface area contributed by atoms with Crippen LogP contribution in [0, 0.1) is 18.8 Å². The zero-order valence-electron chi connectivity index (χ0n) is 22.3. The van der Waals surface area contributed by atoms with Gasteiger partial charge in [0.15, 0.2) is 0 Å². The van der Waals surface area contributed by atoms with Crippen LogP contribution in [0.15, 0.2) is 66.7 Å². The van der Waals surface area contributed by atoms with Crippen molar-refractivity contribution in [3.8, 4) is 17.6 Å². The van der Waals surface area contributed by atoms with E-state index in [-0.39, 0.29) is 0 Å². The number of aryl methyl sites for hydroxylation is 1. The molecule has 1 heterocycles. The van der Waals surface area contributed by atoms with Gasteiger partial charge in [-0.2, -0.15) is 0 Å². The zero-order chi connectivity index (χ0) is 26.4. The van der Waals surface area contributed by atoms with Crippen LogP contribution in [0.4, 0.5) is 0 Å². The van der Waals surface area contributed by atoms with Crippen molar-refractivity contribution in [2.24, 2.45) is 0 Å². The van der Waals surface area contributed by atoms with Crippen molar-refractivity contribution in [2.75, 3.05) is 52.5 Å². The van der Waals surface area contributed by atoms with Crippen LogP contribution in [0.25, 0.3) is 0 Å². The topological polar surface area (TPSA) is 45.8 Å². The molecule has 0 bridgehead atoms. The molecule has 38 heavy (non-hydrogen) atoms. The van der Waals surface area contributed by atoms with Gasteiger partial charge in [-0.15, -0.1) is 0 Å². The molecule has 1 fully saturated rings. The molecule has 4 rings (SSSR count). The summed E-state index contributed by atoms with van der Waals surface area (Å²) in [7, 11) is 0. The summed E-state index contributed by atoms with van der Waals surface area (Å²) in [5, 5.41) is 7.75. The molecule has 3 aromatic carbocycles. The summed E-state index contributed by atoms with van der Waals surface area (Å²) in [6.07, 6.45) is 1.17. The van der Waals surface area contributed by atoms with Gasteiger partial charge in [-0.3, -0.25) is 4.90 Å². The Morgan fingerprint density at radius 3 is 2.16 bits per heavy atom. The Kier molecular flexibility index (Phi) is 11.5. The lowest BCUT2D eigenvalue weighted by molar-refractivity contribution is 0.0374. The molecule has 0 aromatic heterocycles. The standard InChI is InChI=1S/C32H38ClN3O2/c1-26-23-28(4-3-27-9-12-31(33)13-10-27)11-14-32(26)38-20-16-35-25-30-7-5-29(6-8-30)24-34-15-2-17-36-18-21-37-22-19-36/h5-14,23,34-35H,2,15-22,24-25H2,1H3. The Balaban J connectivity index is 1.09. The first-order valence-corrected chi connectivity index (χ1v) is 13.8. The highest BCUT2D eigenvalue weighted by Gasteiger charge is 2.09. The smallest absolute Gasteiger partial charge is 0.122 e. The van der Waals surface area contributed by atoms with Gasteiger partial charge in [0, 0.05) is 48.9 Å². The highest BCUT2D eigenvalue weighted by molar-refractivity contribution is 6.30. The van der Waals surface area contributed by atoms with Crippen molar-refractivity contribution in [2.45, 2.75) is 26.4 Å². The van der Waals surface area contributed by atoms with Crippen molar-refractivity contribution in [3.63, 3.8) is 0 Å². The Hall–Kier alpha value is -2.85. The second-order valence-corrected chi connectivity index (χ2v) is 10.00. The number of nitrogens with zero attached hydrogens (tertiary/aromatic N) is 1. The van der Waals surface area contributed by atoms with E-state index in [0.29, 0.717) is 6.61 Å². The third-order valence-corrected chi connectivity index (χ3v) is 6.77. The minimum atomic E-state index is 0.614. The predicted molar refractivity (Wildman–Crippen MR) is 156 cm³/mol. The van der Waals surface area contributed by atoms with Gasteiger partial charge >= 0.3 is 0 Å². The van der Waals surface area contributed by atoms with E-state index in [0.717, 1.165) is 86.5 Å². The Morgan fingerprint density at radius 1 is 0.842 bits per heavy atom. The van der Waals surface area contributed by atoms with E-state index in [1.807, 2.05) is 36.4 Å². The molecular formula is C32H38ClN3O2. The first kappa shape index (κ1) is 28.2.